The van der Waals surface area contributed by atoms with Gasteiger partial charge in [0, 0.05) is 0 Å². The number of sulfonamides is 1. The Morgan fingerprint density at radius 3 is 1.95 bits per heavy atom. The molecule has 0 heterocycles. The SMILES string of the molecule is CC(C)[C@H](NC(=O)OCc1ccccc1)C(=O)N[C@@H](C)C(=O)N[C@@H](CC(=O)O)C(=O)CNS(=O)(=O)CCc1ccccc1. The Balaban J connectivity index is 1.92. The number of benzene rings is 2. The summed E-state index contributed by atoms with van der Waals surface area (Å²) < 4.78 is 32.0. The second-order valence-corrected chi connectivity index (χ2v) is 12.1. The van der Waals surface area contributed by atoms with Gasteiger partial charge in [-0.25, -0.2) is 17.9 Å². The first-order chi connectivity index (χ1) is 20.3. The number of carbonyl (C=O) groups is 5. The zero-order chi connectivity index (χ0) is 32.0. The highest BCUT2D eigenvalue weighted by Crippen LogP contribution is 2.06. The molecular formula is C29H38N4O9S. The molecule has 0 aliphatic rings. The van der Waals surface area contributed by atoms with Crippen LogP contribution in [0.1, 0.15) is 38.3 Å². The number of hydrogen-bond donors (Lipinski definition) is 5. The van der Waals surface area contributed by atoms with Gasteiger partial charge in [-0.05, 0) is 30.4 Å². The van der Waals surface area contributed by atoms with E-state index in [-0.39, 0.29) is 18.8 Å². The number of alkyl carbamates (subject to hydrolysis) is 1. The fourth-order valence-electron chi connectivity index (χ4n) is 3.79. The molecule has 0 aromatic heterocycles. The number of hydrogen-bond acceptors (Lipinski definition) is 8. The van der Waals surface area contributed by atoms with Crippen molar-refractivity contribution in [2.24, 2.45) is 5.92 Å². The fraction of sp³-hybridized carbons (Fsp3) is 0.414. The monoisotopic (exact) mass is 618 g/mol. The van der Waals surface area contributed by atoms with E-state index >= 15 is 0 Å². The maximum atomic E-state index is 12.9. The first-order valence-electron chi connectivity index (χ1n) is 13.6. The third kappa shape index (κ3) is 13.0. The second-order valence-electron chi connectivity index (χ2n) is 10.2. The molecule has 0 aliphatic heterocycles. The van der Waals surface area contributed by atoms with E-state index < -0.39 is 76.7 Å². The third-order valence-corrected chi connectivity index (χ3v) is 7.57. The van der Waals surface area contributed by atoms with Crippen molar-refractivity contribution in [2.75, 3.05) is 12.3 Å². The molecule has 0 radical (unpaired) electrons. The summed E-state index contributed by atoms with van der Waals surface area (Å²) in [5.41, 5.74) is 1.53. The van der Waals surface area contributed by atoms with Gasteiger partial charge < -0.3 is 25.8 Å². The molecule has 0 saturated heterocycles. The van der Waals surface area contributed by atoms with Gasteiger partial charge in [0.1, 0.15) is 18.7 Å². The van der Waals surface area contributed by atoms with Gasteiger partial charge in [-0.1, -0.05) is 74.5 Å². The number of rotatable bonds is 17. The predicted molar refractivity (Wildman–Crippen MR) is 157 cm³/mol. The first-order valence-corrected chi connectivity index (χ1v) is 15.3. The fourth-order valence-corrected chi connectivity index (χ4v) is 4.80. The van der Waals surface area contributed by atoms with E-state index in [1.165, 1.54) is 6.92 Å². The maximum absolute atomic E-state index is 12.9. The highest BCUT2D eigenvalue weighted by molar-refractivity contribution is 7.89. The van der Waals surface area contributed by atoms with Crippen molar-refractivity contribution >= 4 is 39.7 Å². The number of aryl methyl sites for hydroxylation is 1. The van der Waals surface area contributed by atoms with Crippen LogP contribution in [0.15, 0.2) is 60.7 Å². The van der Waals surface area contributed by atoms with Crippen LogP contribution in [0.25, 0.3) is 0 Å². The molecule has 0 saturated carbocycles. The summed E-state index contributed by atoms with van der Waals surface area (Å²) in [5.74, 6) is -4.55. The van der Waals surface area contributed by atoms with Crippen molar-refractivity contribution in [1.29, 1.82) is 0 Å². The Kier molecular flexibility index (Phi) is 13.8. The Hall–Kier alpha value is -4.30. The predicted octanol–water partition coefficient (Wildman–Crippen LogP) is 1.13. The van der Waals surface area contributed by atoms with E-state index in [2.05, 4.69) is 20.7 Å². The van der Waals surface area contributed by atoms with Crippen LogP contribution in [-0.4, -0.2) is 73.6 Å². The number of ether oxygens (including phenoxy) is 1. The van der Waals surface area contributed by atoms with Crippen LogP contribution in [0.4, 0.5) is 4.79 Å². The highest BCUT2D eigenvalue weighted by Gasteiger charge is 2.30. The lowest BCUT2D eigenvalue weighted by molar-refractivity contribution is -0.140. The van der Waals surface area contributed by atoms with Crippen molar-refractivity contribution in [2.45, 2.75) is 58.3 Å². The van der Waals surface area contributed by atoms with E-state index in [1.807, 2.05) is 6.07 Å². The normalized spacial score (nSPS) is 13.3. The minimum Gasteiger partial charge on any atom is -0.481 e. The van der Waals surface area contributed by atoms with Crippen molar-refractivity contribution in [3.63, 3.8) is 0 Å². The number of carbonyl (C=O) groups excluding carboxylic acids is 4. The molecule has 234 valence electrons. The Bertz CT molecular complexity index is 1350. The number of aliphatic carboxylic acids is 1. The molecule has 14 heteroatoms. The Morgan fingerprint density at radius 2 is 1.40 bits per heavy atom. The van der Waals surface area contributed by atoms with Crippen LogP contribution in [0.2, 0.25) is 0 Å². The van der Waals surface area contributed by atoms with E-state index in [4.69, 9.17) is 4.74 Å². The number of carboxylic acids is 1. The molecule has 2 aromatic carbocycles. The lowest BCUT2D eigenvalue weighted by atomic mass is 10.0. The molecule has 2 rings (SSSR count). The van der Waals surface area contributed by atoms with Crippen LogP contribution in [-0.2, 0) is 47.0 Å². The van der Waals surface area contributed by atoms with Gasteiger partial charge in [-0.15, -0.1) is 0 Å². The second kappa shape index (κ2) is 17.0. The number of amides is 3. The number of carboxylic acid groups (broad SMARTS) is 1. The first kappa shape index (κ1) is 34.9. The van der Waals surface area contributed by atoms with Gasteiger partial charge in [0.25, 0.3) is 0 Å². The van der Waals surface area contributed by atoms with E-state index in [9.17, 15) is 37.5 Å². The van der Waals surface area contributed by atoms with Gasteiger partial charge in [0.2, 0.25) is 21.8 Å². The molecule has 0 aliphatic carbocycles. The minimum absolute atomic E-state index is 0.0138. The molecular weight excluding hydrogens is 580 g/mol. The van der Waals surface area contributed by atoms with Crippen LogP contribution < -0.4 is 20.7 Å². The molecule has 3 amide bonds. The topological polar surface area (TPSA) is 197 Å². The minimum atomic E-state index is -3.88. The maximum Gasteiger partial charge on any atom is 0.408 e. The lowest BCUT2D eigenvalue weighted by Crippen LogP contribution is -2.56. The van der Waals surface area contributed by atoms with E-state index in [0.29, 0.717) is 0 Å². The summed E-state index contributed by atoms with van der Waals surface area (Å²) in [7, 11) is -3.88. The molecule has 0 fully saturated rings. The summed E-state index contributed by atoms with van der Waals surface area (Å²) in [6.45, 7) is 3.91. The van der Waals surface area contributed by atoms with Crippen LogP contribution in [0.5, 0.6) is 0 Å². The molecule has 3 atom stereocenters. The van der Waals surface area contributed by atoms with Crippen LogP contribution in [0, 0.1) is 5.92 Å². The highest BCUT2D eigenvalue weighted by atomic mass is 32.2. The molecule has 13 nitrogen and oxygen atoms in total. The van der Waals surface area contributed by atoms with Crippen molar-refractivity contribution in [3.8, 4) is 0 Å². The number of ketones is 1. The number of Topliss-reactive ketones (excluding diaryl/α,β-unsaturated/α-hetero) is 1. The van der Waals surface area contributed by atoms with Crippen molar-refractivity contribution in [3.05, 3.63) is 71.8 Å². The molecule has 0 unspecified atom stereocenters. The van der Waals surface area contributed by atoms with Gasteiger partial charge in [0.15, 0.2) is 5.78 Å². The van der Waals surface area contributed by atoms with Gasteiger partial charge in [-0.2, -0.15) is 0 Å². The van der Waals surface area contributed by atoms with E-state index in [0.717, 1.165) is 11.1 Å². The summed E-state index contributed by atoms with van der Waals surface area (Å²) in [5, 5.41) is 16.4. The van der Waals surface area contributed by atoms with Gasteiger partial charge >= 0.3 is 12.1 Å². The summed E-state index contributed by atoms with van der Waals surface area (Å²) in [4.78, 5) is 62.0. The van der Waals surface area contributed by atoms with Crippen LogP contribution >= 0.6 is 0 Å². The average Bonchev–Trinajstić information content (AvgIpc) is 2.96. The third-order valence-electron chi connectivity index (χ3n) is 6.24. The molecule has 5 N–H and O–H groups in total. The summed E-state index contributed by atoms with van der Waals surface area (Å²) in [6, 6.07) is 13.9. The molecule has 0 bridgehead atoms. The number of nitrogens with one attached hydrogen (secondary N) is 4. The van der Waals surface area contributed by atoms with Gasteiger partial charge in [0.05, 0.1) is 24.8 Å². The van der Waals surface area contributed by atoms with Crippen molar-refractivity contribution in [1.82, 2.24) is 20.7 Å². The average molecular weight is 619 g/mol. The summed E-state index contributed by atoms with van der Waals surface area (Å²) >= 11 is 0. The molecule has 2 aromatic rings. The largest absolute Gasteiger partial charge is 0.481 e. The summed E-state index contributed by atoms with van der Waals surface area (Å²) in [6.07, 6.45) is -1.44. The van der Waals surface area contributed by atoms with Crippen LogP contribution in [0.3, 0.4) is 0 Å². The standard InChI is InChI=1S/C29H38N4O9S/c1-19(2)26(33-29(39)42-18-22-12-8-5-9-13-22)28(38)31-20(3)27(37)32-23(16-25(35)36)24(34)17-30-43(40,41)15-14-21-10-6-4-7-11-21/h4-13,19-20,23,26,30H,14-18H2,1-3H3,(H,31,38)(H,32,37)(H,33,39)(H,35,36)/t20-,23-,26-/m0/s1. The van der Waals surface area contributed by atoms with E-state index in [1.54, 1.807) is 68.4 Å². The Labute approximate surface area is 250 Å². The smallest absolute Gasteiger partial charge is 0.408 e. The Morgan fingerprint density at radius 1 is 0.814 bits per heavy atom. The quantitative estimate of drug-likeness (QED) is 0.173. The zero-order valence-electron chi connectivity index (χ0n) is 24.2. The van der Waals surface area contributed by atoms with Gasteiger partial charge in [-0.3, -0.25) is 19.2 Å². The zero-order valence-corrected chi connectivity index (χ0v) is 25.1. The molecule has 43 heavy (non-hydrogen) atoms. The lowest BCUT2D eigenvalue weighted by Gasteiger charge is -2.24. The van der Waals surface area contributed by atoms with Crippen molar-refractivity contribution < 1.29 is 42.2 Å². The molecule has 0 spiro atoms.